The molecule has 1 aliphatic heterocycles. The van der Waals surface area contributed by atoms with E-state index in [-0.39, 0.29) is 0 Å². The van der Waals surface area contributed by atoms with Crippen molar-refractivity contribution in [2.45, 2.75) is 39.8 Å². The minimum Gasteiger partial charge on any atom is -0.327 e. The number of nitrogens with two attached hydrogens (primary N) is 1. The smallest absolute Gasteiger partial charge is 0.0234 e. The largest absolute Gasteiger partial charge is 0.327 e. The number of hydrogen-bond donors (Lipinski definition) is 1. The predicted molar refractivity (Wildman–Crippen MR) is 72.9 cm³/mol. The van der Waals surface area contributed by atoms with Crippen LogP contribution in [0.3, 0.4) is 0 Å². The summed E-state index contributed by atoms with van der Waals surface area (Å²) in [5, 5.41) is 0. The normalized spacial score (nSPS) is 26.1. The van der Waals surface area contributed by atoms with Crippen molar-refractivity contribution in [3.63, 3.8) is 0 Å². The molecule has 2 rings (SSSR count). The van der Waals surface area contributed by atoms with Crippen LogP contribution in [0.2, 0.25) is 0 Å². The van der Waals surface area contributed by atoms with E-state index in [0.29, 0.717) is 6.04 Å². The number of nitrogens with zero attached hydrogens (tertiary/aromatic N) is 1. The van der Waals surface area contributed by atoms with Crippen LogP contribution in [0.4, 0.5) is 0 Å². The van der Waals surface area contributed by atoms with Crippen LogP contribution >= 0.6 is 0 Å². The monoisotopic (exact) mass is 232 g/mol. The summed E-state index contributed by atoms with van der Waals surface area (Å²) < 4.78 is 0. The minimum atomic E-state index is 0.352. The number of aryl methyl sites for hydroxylation is 2. The Labute approximate surface area is 105 Å². The molecule has 0 aromatic heterocycles. The van der Waals surface area contributed by atoms with Crippen LogP contribution in [0, 0.1) is 19.8 Å². The molecule has 0 bridgehead atoms. The van der Waals surface area contributed by atoms with Gasteiger partial charge in [0, 0.05) is 25.7 Å². The fraction of sp³-hybridized carbons (Fsp3) is 0.600. The van der Waals surface area contributed by atoms with Gasteiger partial charge in [0.15, 0.2) is 0 Å². The van der Waals surface area contributed by atoms with Gasteiger partial charge in [-0.25, -0.2) is 0 Å². The van der Waals surface area contributed by atoms with Gasteiger partial charge < -0.3 is 5.73 Å². The van der Waals surface area contributed by atoms with Crippen LogP contribution in [-0.2, 0) is 6.54 Å². The van der Waals surface area contributed by atoms with E-state index in [9.17, 15) is 0 Å². The number of rotatable bonds is 2. The summed E-state index contributed by atoms with van der Waals surface area (Å²) in [6.07, 6.45) is 1.17. The van der Waals surface area contributed by atoms with Crippen molar-refractivity contribution < 1.29 is 0 Å². The van der Waals surface area contributed by atoms with Gasteiger partial charge >= 0.3 is 0 Å². The maximum Gasteiger partial charge on any atom is 0.0234 e. The fourth-order valence-corrected chi connectivity index (χ4v) is 2.80. The van der Waals surface area contributed by atoms with Crippen LogP contribution in [-0.4, -0.2) is 24.0 Å². The first-order chi connectivity index (χ1) is 8.04. The zero-order valence-electron chi connectivity index (χ0n) is 11.2. The lowest BCUT2D eigenvalue weighted by atomic mass is 9.96. The topological polar surface area (TPSA) is 29.3 Å². The molecule has 2 heteroatoms. The van der Waals surface area contributed by atoms with E-state index in [2.05, 4.69) is 43.9 Å². The third kappa shape index (κ3) is 3.30. The molecule has 0 spiro atoms. The Bertz CT molecular complexity index is 377. The lowest BCUT2D eigenvalue weighted by Crippen LogP contribution is -2.45. The highest BCUT2D eigenvalue weighted by atomic mass is 15.1. The standard InChI is InChI=1S/C15H24N2/c1-11-6-15(16)10-17(8-11)9-14-5-4-12(2)13(3)7-14/h4-5,7,11,15H,6,8-10,16H2,1-3H3. The van der Waals surface area contributed by atoms with E-state index < -0.39 is 0 Å². The molecule has 0 aliphatic carbocycles. The van der Waals surface area contributed by atoms with Crippen molar-refractivity contribution in [1.29, 1.82) is 0 Å². The first-order valence-corrected chi connectivity index (χ1v) is 6.58. The highest BCUT2D eigenvalue weighted by molar-refractivity contribution is 5.29. The first-order valence-electron chi connectivity index (χ1n) is 6.58. The lowest BCUT2D eigenvalue weighted by Gasteiger charge is -2.34. The zero-order chi connectivity index (χ0) is 12.4. The first kappa shape index (κ1) is 12.6. The molecule has 2 nitrogen and oxygen atoms in total. The molecule has 0 saturated carbocycles. The average Bonchev–Trinajstić information content (AvgIpc) is 2.22. The molecule has 1 aromatic rings. The number of likely N-dealkylation sites (tertiary alicyclic amines) is 1. The highest BCUT2D eigenvalue weighted by Crippen LogP contribution is 2.18. The van der Waals surface area contributed by atoms with Crippen molar-refractivity contribution in [2.24, 2.45) is 11.7 Å². The lowest BCUT2D eigenvalue weighted by molar-refractivity contribution is 0.158. The van der Waals surface area contributed by atoms with Gasteiger partial charge in [0.05, 0.1) is 0 Å². The summed E-state index contributed by atoms with van der Waals surface area (Å²) in [6.45, 7) is 9.91. The molecule has 1 aliphatic rings. The Morgan fingerprint density at radius 1 is 1.24 bits per heavy atom. The molecule has 94 valence electrons. The van der Waals surface area contributed by atoms with Gasteiger partial charge in [0.1, 0.15) is 0 Å². The van der Waals surface area contributed by atoms with E-state index in [0.717, 1.165) is 19.0 Å². The fourth-order valence-electron chi connectivity index (χ4n) is 2.80. The van der Waals surface area contributed by atoms with Crippen molar-refractivity contribution in [2.75, 3.05) is 13.1 Å². The van der Waals surface area contributed by atoms with Crippen LogP contribution in [0.1, 0.15) is 30.0 Å². The number of hydrogen-bond acceptors (Lipinski definition) is 2. The van der Waals surface area contributed by atoms with E-state index in [1.165, 1.54) is 29.7 Å². The molecule has 0 amide bonds. The molecule has 2 N–H and O–H groups in total. The summed E-state index contributed by atoms with van der Waals surface area (Å²) in [4.78, 5) is 2.49. The third-order valence-corrected chi connectivity index (χ3v) is 3.75. The average molecular weight is 232 g/mol. The molecule has 0 radical (unpaired) electrons. The van der Waals surface area contributed by atoms with E-state index in [1.807, 2.05) is 0 Å². The highest BCUT2D eigenvalue weighted by Gasteiger charge is 2.21. The summed E-state index contributed by atoms with van der Waals surface area (Å²) in [7, 11) is 0. The SMILES string of the molecule is Cc1ccc(CN2CC(C)CC(N)C2)cc1C. The molecule has 17 heavy (non-hydrogen) atoms. The molecule has 1 saturated heterocycles. The molecule has 1 heterocycles. The molecular weight excluding hydrogens is 208 g/mol. The molecule has 1 aromatic carbocycles. The second-order valence-corrected chi connectivity index (χ2v) is 5.71. The van der Waals surface area contributed by atoms with Crippen LogP contribution < -0.4 is 5.73 Å². The van der Waals surface area contributed by atoms with Crippen LogP contribution in [0.25, 0.3) is 0 Å². The van der Waals surface area contributed by atoms with Crippen molar-refractivity contribution in [1.82, 2.24) is 4.90 Å². The second-order valence-electron chi connectivity index (χ2n) is 5.71. The van der Waals surface area contributed by atoms with E-state index in [1.54, 1.807) is 0 Å². The third-order valence-electron chi connectivity index (χ3n) is 3.75. The number of benzene rings is 1. The number of piperidine rings is 1. The molecule has 2 unspecified atom stereocenters. The van der Waals surface area contributed by atoms with Crippen LogP contribution in [0.5, 0.6) is 0 Å². The maximum absolute atomic E-state index is 6.08. The summed E-state index contributed by atoms with van der Waals surface area (Å²) in [5.41, 5.74) is 10.3. The van der Waals surface area contributed by atoms with Crippen molar-refractivity contribution in [3.8, 4) is 0 Å². The molecule has 1 fully saturated rings. The summed E-state index contributed by atoms with van der Waals surface area (Å²) >= 11 is 0. The van der Waals surface area contributed by atoms with Gasteiger partial charge in [-0.2, -0.15) is 0 Å². The van der Waals surface area contributed by atoms with E-state index in [4.69, 9.17) is 5.73 Å². The van der Waals surface area contributed by atoms with Crippen molar-refractivity contribution in [3.05, 3.63) is 34.9 Å². The van der Waals surface area contributed by atoms with Crippen molar-refractivity contribution >= 4 is 0 Å². The van der Waals surface area contributed by atoms with Gasteiger partial charge in [0.2, 0.25) is 0 Å². The quantitative estimate of drug-likeness (QED) is 0.849. The van der Waals surface area contributed by atoms with Gasteiger partial charge in [-0.05, 0) is 42.9 Å². The van der Waals surface area contributed by atoms with Gasteiger partial charge in [-0.1, -0.05) is 25.1 Å². The Kier molecular flexibility index (Phi) is 3.85. The predicted octanol–water partition coefficient (Wildman–Crippen LogP) is 2.47. The molecule has 2 atom stereocenters. The zero-order valence-corrected chi connectivity index (χ0v) is 11.2. The Balaban J connectivity index is 2.02. The Morgan fingerprint density at radius 3 is 2.65 bits per heavy atom. The van der Waals surface area contributed by atoms with Gasteiger partial charge in [0.25, 0.3) is 0 Å². The second kappa shape index (κ2) is 5.19. The van der Waals surface area contributed by atoms with Gasteiger partial charge in [-0.3, -0.25) is 4.90 Å². The summed E-state index contributed by atoms with van der Waals surface area (Å²) in [5.74, 6) is 0.727. The van der Waals surface area contributed by atoms with Gasteiger partial charge in [-0.15, -0.1) is 0 Å². The van der Waals surface area contributed by atoms with E-state index >= 15 is 0 Å². The molecular formula is C15H24N2. The maximum atomic E-state index is 6.08. The summed E-state index contributed by atoms with van der Waals surface area (Å²) in [6, 6.07) is 7.12. The minimum absolute atomic E-state index is 0.352. The Morgan fingerprint density at radius 2 is 2.00 bits per heavy atom. The Hall–Kier alpha value is -0.860. The van der Waals surface area contributed by atoms with Crippen LogP contribution in [0.15, 0.2) is 18.2 Å².